The molecule has 7 nitrogen and oxygen atoms in total. The molecule has 0 N–H and O–H groups in total. The van der Waals surface area contributed by atoms with Crippen LogP contribution in [0.1, 0.15) is 92.9 Å². The van der Waals surface area contributed by atoms with E-state index in [-0.39, 0.29) is 18.1 Å². The third kappa shape index (κ3) is 4.69. The van der Waals surface area contributed by atoms with Crippen molar-refractivity contribution in [2.24, 2.45) is 0 Å². The highest BCUT2D eigenvalue weighted by Crippen LogP contribution is 2.36. The highest BCUT2D eigenvalue weighted by atomic mass is 16.7. The number of imidazole rings is 1. The first-order valence-corrected chi connectivity index (χ1v) is 11.1. The van der Waals surface area contributed by atoms with Crippen LogP contribution in [-0.2, 0) is 14.0 Å². The standard InChI is InChI=1S/C22H38BN3O4/c1-15(2)18-24-17(23-29-21(6,7)22(8,9)30-23)14-26(18)16-11-10-12-25(13-16)19(27)28-20(3,4)5/h14-16H,10-13H2,1-9H3. The third-order valence-corrected chi connectivity index (χ3v) is 6.23. The van der Waals surface area contributed by atoms with Crippen molar-refractivity contribution in [1.29, 1.82) is 0 Å². The first-order valence-electron chi connectivity index (χ1n) is 11.1. The maximum absolute atomic E-state index is 12.6. The maximum Gasteiger partial charge on any atom is 0.516 e. The summed E-state index contributed by atoms with van der Waals surface area (Å²) in [6, 6.07) is 0.160. The summed E-state index contributed by atoms with van der Waals surface area (Å²) in [4.78, 5) is 19.3. The Hall–Kier alpha value is -1.54. The molecule has 0 aliphatic carbocycles. The number of aromatic nitrogens is 2. The zero-order chi connectivity index (χ0) is 22.5. The molecule has 2 aliphatic heterocycles. The van der Waals surface area contributed by atoms with Gasteiger partial charge in [0.25, 0.3) is 0 Å². The summed E-state index contributed by atoms with van der Waals surface area (Å²) in [5.74, 6) is 1.24. The normalized spacial score (nSPS) is 23.9. The molecule has 8 heteroatoms. The van der Waals surface area contributed by atoms with Crippen molar-refractivity contribution < 1.29 is 18.8 Å². The van der Waals surface area contributed by atoms with Crippen molar-refractivity contribution in [2.45, 2.75) is 104 Å². The van der Waals surface area contributed by atoms with E-state index in [9.17, 15) is 4.79 Å². The van der Waals surface area contributed by atoms with Crippen LogP contribution < -0.4 is 5.59 Å². The summed E-state index contributed by atoms with van der Waals surface area (Å²) in [6.45, 7) is 19.5. The van der Waals surface area contributed by atoms with Gasteiger partial charge in [0.2, 0.25) is 0 Å². The number of likely N-dealkylation sites (tertiary alicyclic amines) is 1. The summed E-state index contributed by atoms with van der Waals surface area (Å²) >= 11 is 0. The molecule has 168 valence electrons. The highest BCUT2D eigenvalue weighted by molar-refractivity contribution is 6.61. The molecule has 3 rings (SSSR count). The second-order valence-electron chi connectivity index (χ2n) is 10.9. The number of hydrogen-bond donors (Lipinski definition) is 0. The van der Waals surface area contributed by atoms with Gasteiger partial charge in [0.05, 0.1) is 22.8 Å². The molecule has 2 fully saturated rings. The Morgan fingerprint density at radius 2 is 1.83 bits per heavy atom. The fourth-order valence-corrected chi connectivity index (χ4v) is 3.90. The van der Waals surface area contributed by atoms with Gasteiger partial charge in [-0.1, -0.05) is 13.8 Å². The largest absolute Gasteiger partial charge is 0.516 e. The number of hydrogen-bond acceptors (Lipinski definition) is 5. The summed E-state index contributed by atoms with van der Waals surface area (Å²) < 4.78 is 20.3. The van der Waals surface area contributed by atoms with Crippen LogP contribution >= 0.6 is 0 Å². The van der Waals surface area contributed by atoms with Gasteiger partial charge >= 0.3 is 13.2 Å². The molecule has 0 bridgehead atoms. The molecule has 3 heterocycles. The molecule has 2 saturated heterocycles. The van der Waals surface area contributed by atoms with Crippen LogP contribution in [0.2, 0.25) is 0 Å². The van der Waals surface area contributed by atoms with Gasteiger partial charge in [-0.2, -0.15) is 0 Å². The number of rotatable bonds is 3. The minimum absolute atomic E-state index is 0.160. The molecule has 1 amide bonds. The average molecular weight is 419 g/mol. The zero-order valence-corrected chi connectivity index (χ0v) is 20.1. The van der Waals surface area contributed by atoms with Crippen LogP contribution in [0.4, 0.5) is 4.79 Å². The van der Waals surface area contributed by atoms with Gasteiger partial charge in [-0.3, -0.25) is 0 Å². The zero-order valence-electron chi connectivity index (χ0n) is 20.1. The van der Waals surface area contributed by atoms with E-state index in [1.54, 1.807) is 0 Å². The first-order chi connectivity index (χ1) is 13.7. The Balaban J connectivity index is 1.83. The van der Waals surface area contributed by atoms with Gasteiger partial charge in [-0.05, 0) is 61.3 Å². The van der Waals surface area contributed by atoms with Crippen molar-refractivity contribution in [2.75, 3.05) is 13.1 Å². The molecule has 0 saturated carbocycles. The SMILES string of the molecule is CC(C)c1nc(B2OC(C)(C)C(C)(C)O2)cn1C1CCCN(C(=O)OC(C)(C)C)C1. The smallest absolute Gasteiger partial charge is 0.444 e. The van der Waals surface area contributed by atoms with Crippen molar-refractivity contribution in [1.82, 2.24) is 14.5 Å². The number of amides is 1. The van der Waals surface area contributed by atoms with Crippen LogP contribution in [0, 0.1) is 0 Å². The van der Waals surface area contributed by atoms with E-state index in [0.717, 1.165) is 30.8 Å². The maximum atomic E-state index is 12.6. The van der Waals surface area contributed by atoms with Crippen molar-refractivity contribution in [3.8, 4) is 0 Å². The Kier molecular flexibility index (Phi) is 6.06. The molecular formula is C22H38BN3O4. The van der Waals surface area contributed by atoms with Crippen molar-refractivity contribution in [3.63, 3.8) is 0 Å². The van der Waals surface area contributed by atoms with E-state index < -0.39 is 23.9 Å². The van der Waals surface area contributed by atoms with Gasteiger partial charge in [-0.25, -0.2) is 9.78 Å². The number of nitrogens with zero attached hydrogens (tertiary/aromatic N) is 3. The predicted molar refractivity (Wildman–Crippen MR) is 118 cm³/mol. The molecule has 2 aliphatic rings. The number of carbonyl (C=O) groups is 1. The summed E-state index contributed by atoms with van der Waals surface area (Å²) in [5.41, 5.74) is -0.506. The Morgan fingerprint density at radius 1 is 1.23 bits per heavy atom. The highest BCUT2D eigenvalue weighted by Gasteiger charge is 2.53. The topological polar surface area (TPSA) is 65.8 Å². The second kappa shape index (κ2) is 7.86. The van der Waals surface area contributed by atoms with Gasteiger partial charge in [-0.15, -0.1) is 0 Å². The van der Waals surface area contributed by atoms with E-state index in [1.807, 2.05) is 53.4 Å². The Bertz CT molecular complexity index is 766. The Labute approximate surface area is 181 Å². The lowest BCUT2D eigenvalue weighted by atomic mass is 9.85. The van der Waals surface area contributed by atoms with Crippen molar-refractivity contribution in [3.05, 3.63) is 12.0 Å². The second-order valence-corrected chi connectivity index (χ2v) is 10.9. The Morgan fingerprint density at radius 3 is 2.37 bits per heavy atom. The fourth-order valence-electron chi connectivity index (χ4n) is 3.90. The van der Waals surface area contributed by atoms with E-state index in [2.05, 4.69) is 24.6 Å². The number of piperidine rings is 1. The van der Waals surface area contributed by atoms with Crippen LogP contribution in [0.25, 0.3) is 0 Å². The quantitative estimate of drug-likeness (QED) is 0.696. The molecule has 1 aromatic heterocycles. The molecule has 0 radical (unpaired) electrons. The molecule has 30 heavy (non-hydrogen) atoms. The molecular weight excluding hydrogens is 381 g/mol. The summed E-state index contributed by atoms with van der Waals surface area (Å²) in [7, 11) is -0.487. The summed E-state index contributed by atoms with van der Waals surface area (Å²) in [5, 5.41) is 0. The third-order valence-electron chi connectivity index (χ3n) is 6.23. The minimum Gasteiger partial charge on any atom is -0.444 e. The minimum atomic E-state index is -0.494. The van der Waals surface area contributed by atoms with Gasteiger partial charge in [0.15, 0.2) is 0 Å². The summed E-state index contributed by atoms with van der Waals surface area (Å²) in [6.07, 6.45) is 3.74. The number of ether oxygens (including phenoxy) is 1. The number of carbonyl (C=O) groups excluding carboxylic acids is 1. The molecule has 1 unspecified atom stereocenters. The van der Waals surface area contributed by atoms with Gasteiger partial charge in [0.1, 0.15) is 11.4 Å². The molecule has 0 aromatic carbocycles. The van der Waals surface area contributed by atoms with Crippen LogP contribution in [0.15, 0.2) is 6.20 Å². The molecule has 0 spiro atoms. The van der Waals surface area contributed by atoms with E-state index in [4.69, 9.17) is 19.0 Å². The van der Waals surface area contributed by atoms with Crippen molar-refractivity contribution >= 4 is 18.8 Å². The monoisotopic (exact) mass is 419 g/mol. The van der Waals surface area contributed by atoms with Gasteiger partial charge in [0, 0.05) is 25.2 Å². The van der Waals surface area contributed by atoms with Gasteiger partial charge < -0.3 is 23.5 Å². The molecule has 1 atom stereocenters. The van der Waals surface area contributed by atoms with E-state index in [1.165, 1.54) is 0 Å². The molecule has 1 aromatic rings. The first kappa shape index (κ1) is 23.1. The van der Waals surface area contributed by atoms with Crippen LogP contribution in [-0.4, -0.2) is 57.6 Å². The van der Waals surface area contributed by atoms with Crippen LogP contribution in [0.3, 0.4) is 0 Å². The lowest BCUT2D eigenvalue weighted by Gasteiger charge is -2.35. The lowest BCUT2D eigenvalue weighted by molar-refractivity contribution is 0.00578. The fraction of sp³-hybridized carbons (Fsp3) is 0.818. The lowest BCUT2D eigenvalue weighted by Crippen LogP contribution is -2.43. The average Bonchev–Trinajstić information content (AvgIpc) is 3.13. The van der Waals surface area contributed by atoms with Crippen LogP contribution in [0.5, 0.6) is 0 Å². The van der Waals surface area contributed by atoms with E-state index >= 15 is 0 Å². The van der Waals surface area contributed by atoms with E-state index in [0.29, 0.717) is 6.54 Å². The predicted octanol–water partition coefficient (Wildman–Crippen LogP) is 3.88.